The molecule has 1 atom stereocenters. The van der Waals surface area contributed by atoms with Gasteiger partial charge in [-0.1, -0.05) is 35.0 Å². The van der Waals surface area contributed by atoms with Crippen LogP contribution in [0.1, 0.15) is 24.9 Å². The Labute approximate surface area is 131 Å². The number of benzene rings is 2. The summed E-state index contributed by atoms with van der Waals surface area (Å²) >= 11 is 5.33. The molecule has 0 spiro atoms. The molecule has 2 aromatic carbocycles. The minimum Gasteiger partial charge on any atom is -0.378 e. The van der Waals surface area contributed by atoms with E-state index in [0.29, 0.717) is 6.04 Å². The Morgan fingerprint density at radius 2 is 2.05 bits per heavy atom. The average Bonchev–Trinajstić information content (AvgIpc) is 2.92. The van der Waals surface area contributed by atoms with E-state index in [2.05, 4.69) is 82.1 Å². The van der Waals surface area contributed by atoms with Gasteiger partial charge in [-0.05, 0) is 59.1 Å². The van der Waals surface area contributed by atoms with Crippen molar-refractivity contribution in [2.24, 2.45) is 0 Å². The van der Waals surface area contributed by atoms with Crippen molar-refractivity contribution in [3.63, 3.8) is 0 Å². The summed E-state index contributed by atoms with van der Waals surface area (Å²) in [4.78, 5) is 0. The van der Waals surface area contributed by atoms with E-state index in [-0.39, 0.29) is 0 Å². The molecule has 3 aromatic rings. The SMILES string of the molecule is CCC(Nc1ccc2sccc2c1)c1cccc(Br)c1. The molecule has 0 aliphatic heterocycles. The molecule has 0 aliphatic carbocycles. The topological polar surface area (TPSA) is 12.0 Å². The molecule has 0 amide bonds. The van der Waals surface area contributed by atoms with Gasteiger partial charge in [0.1, 0.15) is 0 Å². The zero-order chi connectivity index (χ0) is 13.9. The molecule has 0 saturated carbocycles. The molecule has 1 heterocycles. The fraction of sp³-hybridized carbons (Fsp3) is 0.176. The Balaban J connectivity index is 1.87. The maximum atomic E-state index is 3.64. The largest absolute Gasteiger partial charge is 0.378 e. The van der Waals surface area contributed by atoms with E-state index in [1.54, 1.807) is 11.3 Å². The van der Waals surface area contributed by atoms with Crippen LogP contribution in [-0.2, 0) is 0 Å². The van der Waals surface area contributed by atoms with Crippen molar-refractivity contribution in [2.75, 3.05) is 5.32 Å². The monoisotopic (exact) mass is 345 g/mol. The first-order valence-corrected chi connectivity index (χ1v) is 8.43. The molecule has 3 rings (SSSR count). The minimum absolute atomic E-state index is 0.337. The van der Waals surface area contributed by atoms with Gasteiger partial charge in [-0.15, -0.1) is 11.3 Å². The average molecular weight is 346 g/mol. The summed E-state index contributed by atoms with van der Waals surface area (Å²) in [6.07, 6.45) is 1.05. The normalized spacial score (nSPS) is 12.5. The molecule has 1 unspecified atom stereocenters. The summed E-state index contributed by atoms with van der Waals surface area (Å²) in [7, 11) is 0. The van der Waals surface area contributed by atoms with Gasteiger partial charge in [0.2, 0.25) is 0 Å². The first-order chi connectivity index (χ1) is 9.76. The zero-order valence-electron chi connectivity index (χ0n) is 11.3. The number of hydrogen-bond donors (Lipinski definition) is 1. The highest BCUT2D eigenvalue weighted by Gasteiger charge is 2.09. The molecule has 0 bridgehead atoms. The second kappa shape index (κ2) is 5.98. The Kier molecular flexibility index (Phi) is 4.08. The third-order valence-electron chi connectivity index (χ3n) is 3.45. The highest BCUT2D eigenvalue weighted by molar-refractivity contribution is 9.10. The number of halogens is 1. The van der Waals surface area contributed by atoms with Crippen molar-refractivity contribution in [1.29, 1.82) is 0 Å². The fourth-order valence-electron chi connectivity index (χ4n) is 2.40. The van der Waals surface area contributed by atoms with E-state index >= 15 is 0 Å². The van der Waals surface area contributed by atoms with Crippen molar-refractivity contribution in [3.05, 3.63) is 63.9 Å². The molecule has 1 N–H and O–H groups in total. The van der Waals surface area contributed by atoms with Crippen LogP contribution in [-0.4, -0.2) is 0 Å². The highest BCUT2D eigenvalue weighted by Crippen LogP contribution is 2.28. The van der Waals surface area contributed by atoms with E-state index in [4.69, 9.17) is 0 Å². The summed E-state index contributed by atoms with van der Waals surface area (Å²) in [6.45, 7) is 2.21. The first kappa shape index (κ1) is 13.7. The second-order valence-corrected chi connectivity index (χ2v) is 6.70. The van der Waals surface area contributed by atoms with Crippen molar-refractivity contribution >= 4 is 43.0 Å². The van der Waals surface area contributed by atoms with Crippen LogP contribution in [0, 0.1) is 0 Å². The Hall–Kier alpha value is -1.32. The third-order valence-corrected chi connectivity index (χ3v) is 4.84. The predicted octanol–water partition coefficient (Wildman–Crippen LogP) is 6.23. The smallest absolute Gasteiger partial charge is 0.0511 e. The number of nitrogens with one attached hydrogen (secondary N) is 1. The van der Waals surface area contributed by atoms with E-state index in [9.17, 15) is 0 Å². The van der Waals surface area contributed by atoms with Gasteiger partial charge < -0.3 is 5.32 Å². The van der Waals surface area contributed by atoms with Crippen LogP contribution < -0.4 is 5.32 Å². The van der Waals surface area contributed by atoms with Gasteiger partial charge in [-0.3, -0.25) is 0 Å². The van der Waals surface area contributed by atoms with Crippen LogP contribution in [0.3, 0.4) is 0 Å². The fourth-order valence-corrected chi connectivity index (χ4v) is 3.59. The maximum Gasteiger partial charge on any atom is 0.0511 e. The van der Waals surface area contributed by atoms with Crippen LogP contribution in [0.4, 0.5) is 5.69 Å². The number of rotatable bonds is 4. The third kappa shape index (κ3) is 2.89. The molecule has 102 valence electrons. The Morgan fingerprint density at radius 1 is 1.15 bits per heavy atom. The van der Waals surface area contributed by atoms with Crippen molar-refractivity contribution in [2.45, 2.75) is 19.4 Å². The lowest BCUT2D eigenvalue weighted by atomic mass is 10.0. The van der Waals surface area contributed by atoms with Crippen LogP contribution in [0.2, 0.25) is 0 Å². The molecular formula is C17H16BrNS. The summed E-state index contributed by atoms with van der Waals surface area (Å²) in [5.41, 5.74) is 2.50. The Bertz CT molecular complexity index is 720. The summed E-state index contributed by atoms with van der Waals surface area (Å²) < 4.78 is 2.47. The highest BCUT2D eigenvalue weighted by atomic mass is 79.9. The number of thiophene rings is 1. The molecule has 0 saturated heterocycles. The maximum absolute atomic E-state index is 3.64. The quantitative estimate of drug-likeness (QED) is 0.591. The van der Waals surface area contributed by atoms with Crippen molar-refractivity contribution in [3.8, 4) is 0 Å². The van der Waals surface area contributed by atoms with Gasteiger partial charge in [-0.2, -0.15) is 0 Å². The minimum atomic E-state index is 0.337. The van der Waals surface area contributed by atoms with Crippen LogP contribution >= 0.6 is 27.3 Å². The Morgan fingerprint density at radius 3 is 2.85 bits per heavy atom. The van der Waals surface area contributed by atoms with Crippen LogP contribution in [0.25, 0.3) is 10.1 Å². The van der Waals surface area contributed by atoms with Crippen LogP contribution in [0.15, 0.2) is 58.4 Å². The van der Waals surface area contributed by atoms with Crippen molar-refractivity contribution in [1.82, 2.24) is 0 Å². The summed E-state index contributed by atoms with van der Waals surface area (Å²) in [5.74, 6) is 0. The van der Waals surface area contributed by atoms with E-state index in [1.807, 2.05) is 0 Å². The molecule has 0 fully saturated rings. The van der Waals surface area contributed by atoms with E-state index in [0.717, 1.165) is 10.9 Å². The van der Waals surface area contributed by atoms with Gasteiger partial charge >= 0.3 is 0 Å². The summed E-state index contributed by atoms with van der Waals surface area (Å²) in [6, 6.07) is 17.6. The van der Waals surface area contributed by atoms with Gasteiger partial charge in [0.15, 0.2) is 0 Å². The predicted molar refractivity (Wildman–Crippen MR) is 92.6 cm³/mol. The van der Waals surface area contributed by atoms with E-state index in [1.165, 1.54) is 21.3 Å². The number of hydrogen-bond acceptors (Lipinski definition) is 2. The first-order valence-electron chi connectivity index (χ1n) is 6.75. The summed E-state index contributed by atoms with van der Waals surface area (Å²) in [5, 5.41) is 7.09. The van der Waals surface area contributed by atoms with Crippen molar-refractivity contribution < 1.29 is 0 Å². The van der Waals surface area contributed by atoms with E-state index < -0.39 is 0 Å². The lowest BCUT2D eigenvalue weighted by Crippen LogP contribution is -2.09. The molecule has 20 heavy (non-hydrogen) atoms. The lowest BCUT2D eigenvalue weighted by Gasteiger charge is -2.19. The molecular weight excluding hydrogens is 330 g/mol. The molecule has 1 aromatic heterocycles. The standard InChI is InChI=1S/C17H16BrNS/c1-2-16(12-4-3-5-14(18)10-12)19-15-6-7-17-13(11-15)8-9-20-17/h3-11,16,19H,2H2,1H3. The number of anilines is 1. The van der Waals surface area contributed by atoms with Gasteiger partial charge in [0.25, 0.3) is 0 Å². The zero-order valence-corrected chi connectivity index (χ0v) is 13.7. The molecule has 0 radical (unpaired) electrons. The molecule has 1 nitrogen and oxygen atoms in total. The van der Waals surface area contributed by atoms with Gasteiger partial charge in [0.05, 0.1) is 6.04 Å². The van der Waals surface area contributed by atoms with Gasteiger partial charge in [-0.25, -0.2) is 0 Å². The van der Waals surface area contributed by atoms with Gasteiger partial charge in [0, 0.05) is 14.9 Å². The van der Waals surface area contributed by atoms with Crippen LogP contribution in [0.5, 0.6) is 0 Å². The molecule has 3 heteroatoms. The molecule has 0 aliphatic rings. The second-order valence-electron chi connectivity index (χ2n) is 4.83. The lowest BCUT2D eigenvalue weighted by molar-refractivity contribution is 0.749. The number of fused-ring (bicyclic) bond motifs is 1.